The Kier molecular flexibility index (Phi) is 3.93. The zero-order valence-electron chi connectivity index (χ0n) is 10.9. The van der Waals surface area contributed by atoms with Crippen molar-refractivity contribution in [3.8, 4) is 11.1 Å². The molecule has 0 spiro atoms. The molecule has 0 saturated carbocycles. The quantitative estimate of drug-likeness (QED) is 0.734. The molecule has 0 heterocycles. The molecular formula is C16H15F3. The van der Waals surface area contributed by atoms with Gasteiger partial charge in [-0.15, -0.1) is 0 Å². The van der Waals surface area contributed by atoms with Crippen molar-refractivity contribution in [3.63, 3.8) is 0 Å². The largest absolute Gasteiger partial charge is 0.207 e. The maximum absolute atomic E-state index is 13.9. The van der Waals surface area contributed by atoms with Gasteiger partial charge in [-0.05, 0) is 41.7 Å². The number of rotatable bonds is 3. The Morgan fingerprint density at radius 3 is 2.05 bits per heavy atom. The standard InChI is InChI=1S/C16H15F3/c1-10(2)8-11-6-7-12(9-15(11)19)16-13(17)4-3-5-14(16)18/h3-7,9-10H,8H2,1-2H3. The van der Waals surface area contributed by atoms with Gasteiger partial charge in [-0.2, -0.15) is 0 Å². The van der Waals surface area contributed by atoms with Crippen LogP contribution in [0.3, 0.4) is 0 Å². The van der Waals surface area contributed by atoms with Crippen LogP contribution in [0.1, 0.15) is 19.4 Å². The van der Waals surface area contributed by atoms with Gasteiger partial charge in [-0.1, -0.05) is 32.0 Å². The lowest BCUT2D eigenvalue weighted by molar-refractivity contribution is 0.572. The molecule has 0 aromatic heterocycles. The second kappa shape index (κ2) is 5.47. The van der Waals surface area contributed by atoms with Crippen LogP contribution in [0.2, 0.25) is 0 Å². The Balaban J connectivity index is 2.45. The van der Waals surface area contributed by atoms with E-state index in [1.807, 2.05) is 13.8 Å². The van der Waals surface area contributed by atoms with Gasteiger partial charge in [-0.25, -0.2) is 13.2 Å². The zero-order chi connectivity index (χ0) is 14.0. The van der Waals surface area contributed by atoms with E-state index in [1.54, 1.807) is 12.1 Å². The highest BCUT2D eigenvalue weighted by Gasteiger charge is 2.13. The molecule has 2 aromatic rings. The Morgan fingerprint density at radius 2 is 1.53 bits per heavy atom. The summed E-state index contributed by atoms with van der Waals surface area (Å²) in [5.41, 5.74) is 0.605. The van der Waals surface area contributed by atoms with Gasteiger partial charge in [0.1, 0.15) is 17.5 Å². The lowest BCUT2D eigenvalue weighted by Gasteiger charge is -2.09. The average Bonchev–Trinajstić information content (AvgIpc) is 2.32. The molecule has 19 heavy (non-hydrogen) atoms. The molecule has 100 valence electrons. The molecule has 2 rings (SSSR count). The summed E-state index contributed by atoms with van der Waals surface area (Å²) in [6.07, 6.45) is 0.603. The fraction of sp³-hybridized carbons (Fsp3) is 0.250. The molecule has 0 radical (unpaired) electrons. The van der Waals surface area contributed by atoms with Gasteiger partial charge >= 0.3 is 0 Å². The summed E-state index contributed by atoms with van der Waals surface area (Å²) in [6, 6.07) is 7.96. The average molecular weight is 264 g/mol. The summed E-state index contributed by atoms with van der Waals surface area (Å²) < 4.78 is 41.1. The minimum absolute atomic E-state index is 0.183. The van der Waals surface area contributed by atoms with Crippen LogP contribution in [0.15, 0.2) is 36.4 Å². The first kappa shape index (κ1) is 13.7. The van der Waals surface area contributed by atoms with Crippen molar-refractivity contribution >= 4 is 0 Å². The Bertz CT molecular complexity index is 568. The molecule has 0 N–H and O–H groups in total. The number of hydrogen-bond acceptors (Lipinski definition) is 0. The molecule has 0 amide bonds. The van der Waals surface area contributed by atoms with Gasteiger partial charge in [-0.3, -0.25) is 0 Å². The highest BCUT2D eigenvalue weighted by atomic mass is 19.1. The Morgan fingerprint density at radius 1 is 0.895 bits per heavy atom. The van der Waals surface area contributed by atoms with Crippen molar-refractivity contribution in [3.05, 3.63) is 59.4 Å². The molecule has 0 nitrogen and oxygen atoms in total. The van der Waals surface area contributed by atoms with E-state index in [9.17, 15) is 13.2 Å². The third-order valence-corrected chi connectivity index (χ3v) is 2.93. The van der Waals surface area contributed by atoms with Crippen molar-refractivity contribution in [1.29, 1.82) is 0 Å². The van der Waals surface area contributed by atoms with Gasteiger partial charge in [0.25, 0.3) is 0 Å². The monoisotopic (exact) mass is 264 g/mol. The Hall–Kier alpha value is -1.77. The summed E-state index contributed by atoms with van der Waals surface area (Å²) in [4.78, 5) is 0. The molecule has 0 aliphatic rings. The van der Waals surface area contributed by atoms with E-state index in [2.05, 4.69) is 0 Å². The van der Waals surface area contributed by atoms with E-state index in [4.69, 9.17) is 0 Å². The van der Waals surface area contributed by atoms with Crippen LogP contribution >= 0.6 is 0 Å². The summed E-state index contributed by atoms with van der Waals surface area (Å²) in [5, 5.41) is 0. The summed E-state index contributed by atoms with van der Waals surface area (Å²) >= 11 is 0. The van der Waals surface area contributed by atoms with Gasteiger partial charge in [0.15, 0.2) is 0 Å². The first-order valence-electron chi connectivity index (χ1n) is 6.22. The number of halogens is 3. The highest BCUT2D eigenvalue weighted by Crippen LogP contribution is 2.28. The van der Waals surface area contributed by atoms with E-state index in [-0.39, 0.29) is 11.1 Å². The van der Waals surface area contributed by atoms with Gasteiger partial charge in [0, 0.05) is 0 Å². The van der Waals surface area contributed by atoms with Crippen LogP contribution in [0.4, 0.5) is 13.2 Å². The van der Waals surface area contributed by atoms with Crippen LogP contribution in [-0.2, 0) is 6.42 Å². The van der Waals surface area contributed by atoms with E-state index in [0.29, 0.717) is 17.9 Å². The summed E-state index contributed by atoms with van der Waals surface area (Å²) in [5.74, 6) is -1.47. The molecule has 0 fully saturated rings. The van der Waals surface area contributed by atoms with Crippen LogP contribution < -0.4 is 0 Å². The molecule has 3 heteroatoms. The molecule has 0 saturated heterocycles. The first-order chi connectivity index (χ1) is 8.99. The summed E-state index contributed by atoms with van der Waals surface area (Å²) in [6.45, 7) is 3.98. The van der Waals surface area contributed by atoms with Gasteiger partial charge in [0.2, 0.25) is 0 Å². The third kappa shape index (κ3) is 2.98. The van der Waals surface area contributed by atoms with Crippen LogP contribution in [0, 0.1) is 23.4 Å². The fourth-order valence-corrected chi connectivity index (χ4v) is 2.08. The minimum atomic E-state index is -0.684. The second-order valence-corrected chi connectivity index (χ2v) is 5.00. The van der Waals surface area contributed by atoms with Gasteiger partial charge < -0.3 is 0 Å². The lowest BCUT2D eigenvalue weighted by atomic mass is 9.98. The smallest absolute Gasteiger partial charge is 0.133 e. The maximum Gasteiger partial charge on any atom is 0.133 e. The maximum atomic E-state index is 13.9. The zero-order valence-corrected chi connectivity index (χ0v) is 10.9. The van der Waals surface area contributed by atoms with Crippen LogP contribution in [-0.4, -0.2) is 0 Å². The molecule has 0 bridgehead atoms. The van der Waals surface area contributed by atoms with E-state index >= 15 is 0 Å². The topological polar surface area (TPSA) is 0 Å². The van der Waals surface area contributed by atoms with Crippen molar-refractivity contribution in [2.24, 2.45) is 5.92 Å². The van der Waals surface area contributed by atoms with Crippen LogP contribution in [0.25, 0.3) is 11.1 Å². The number of benzene rings is 2. The normalized spacial score (nSPS) is 11.1. The molecule has 0 atom stereocenters. The second-order valence-electron chi connectivity index (χ2n) is 5.00. The van der Waals surface area contributed by atoms with E-state index in [1.165, 1.54) is 24.3 Å². The van der Waals surface area contributed by atoms with Crippen molar-refractivity contribution in [1.82, 2.24) is 0 Å². The third-order valence-electron chi connectivity index (χ3n) is 2.93. The van der Waals surface area contributed by atoms with Crippen molar-refractivity contribution < 1.29 is 13.2 Å². The lowest BCUT2D eigenvalue weighted by Crippen LogP contribution is -1.98. The van der Waals surface area contributed by atoms with E-state index in [0.717, 1.165) is 0 Å². The first-order valence-corrected chi connectivity index (χ1v) is 6.22. The molecular weight excluding hydrogens is 249 g/mol. The van der Waals surface area contributed by atoms with Crippen molar-refractivity contribution in [2.75, 3.05) is 0 Å². The van der Waals surface area contributed by atoms with Gasteiger partial charge in [0.05, 0.1) is 5.56 Å². The predicted octanol–water partition coefficient (Wildman–Crippen LogP) is 4.97. The number of hydrogen-bond donors (Lipinski definition) is 0. The molecule has 0 aliphatic heterocycles. The predicted molar refractivity (Wildman–Crippen MR) is 70.3 cm³/mol. The fourth-order valence-electron chi connectivity index (χ4n) is 2.08. The summed E-state index contributed by atoms with van der Waals surface area (Å²) in [7, 11) is 0. The van der Waals surface area contributed by atoms with Crippen molar-refractivity contribution in [2.45, 2.75) is 20.3 Å². The highest BCUT2D eigenvalue weighted by molar-refractivity contribution is 5.65. The van der Waals surface area contributed by atoms with Crippen LogP contribution in [0.5, 0.6) is 0 Å². The molecule has 0 aliphatic carbocycles. The Labute approximate surface area is 110 Å². The molecule has 2 aromatic carbocycles. The van der Waals surface area contributed by atoms with E-state index < -0.39 is 17.5 Å². The minimum Gasteiger partial charge on any atom is -0.207 e. The molecule has 0 unspecified atom stereocenters. The SMILES string of the molecule is CC(C)Cc1ccc(-c2c(F)cccc2F)cc1F.